The number of β-amino-alcohol motifs (C(OH)–C–C–N with tert-alkyl or cyclic N) is 1. The number of rotatable bonds is 6. The van der Waals surface area contributed by atoms with Gasteiger partial charge in [0.05, 0.1) is 30.9 Å². The molecule has 2 aromatic carbocycles. The number of aliphatic hydroxyl groups is 3. The van der Waals surface area contributed by atoms with E-state index in [0.717, 1.165) is 11.1 Å². The number of hydrogen-bond acceptors (Lipinski definition) is 5. The Bertz CT molecular complexity index is 960. The first-order valence-corrected chi connectivity index (χ1v) is 9.98. The van der Waals surface area contributed by atoms with E-state index >= 15 is 0 Å². The minimum absolute atomic E-state index is 0.0220. The number of nitrogens with zero attached hydrogens (tertiary/aromatic N) is 1. The quantitative estimate of drug-likeness (QED) is 0.387. The molecule has 6 heteroatoms. The van der Waals surface area contributed by atoms with Gasteiger partial charge in [-0.3, -0.25) is 9.59 Å². The van der Waals surface area contributed by atoms with Crippen LogP contribution in [0.1, 0.15) is 48.1 Å². The first-order chi connectivity index (χ1) is 14.2. The van der Waals surface area contributed by atoms with Crippen molar-refractivity contribution in [2.75, 3.05) is 13.2 Å². The minimum Gasteiger partial charge on any atom is -0.507 e. The Morgan fingerprint density at radius 1 is 1.03 bits per heavy atom. The molecule has 158 valence electrons. The lowest BCUT2D eigenvalue weighted by molar-refractivity contribution is -0.141. The summed E-state index contributed by atoms with van der Waals surface area (Å²) < 4.78 is 0. The molecule has 0 saturated carbocycles. The maximum absolute atomic E-state index is 12.9. The van der Waals surface area contributed by atoms with E-state index in [1.807, 2.05) is 43.3 Å². The summed E-state index contributed by atoms with van der Waals surface area (Å²) in [7, 11) is 0. The molecule has 1 fully saturated rings. The monoisotopic (exact) mass is 409 g/mol. The summed E-state index contributed by atoms with van der Waals surface area (Å²) in [6.45, 7) is 5.28. The van der Waals surface area contributed by atoms with Gasteiger partial charge in [-0.1, -0.05) is 67.9 Å². The van der Waals surface area contributed by atoms with Crippen LogP contribution in [0.3, 0.4) is 0 Å². The first-order valence-electron chi connectivity index (χ1n) is 9.98. The highest BCUT2D eigenvalue weighted by Gasteiger charge is 2.46. The molecule has 3 N–H and O–H groups in total. The Balaban J connectivity index is 2.14. The number of carbonyl (C=O) groups excluding carboxylic acids is 2. The van der Waals surface area contributed by atoms with Crippen molar-refractivity contribution in [1.29, 1.82) is 0 Å². The Hall–Kier alpha value is -2.96. The van der Waals surface area contributed by atoms with Crippen LogP contribution in [-0.2, 0) is 9.59 Å². The van der Waals surface area contributed by atoms with Gasteiger partial charge in [-0.15, -0.1) is 0 Å². The third-order valence-corrected chi connectivity index (χ3v) is 5.40. The van der Waals surface area contributed by atoms with Crippen molar-refractivity contribution in [1.82, 2.24) is 4.90 Å². The fourth-order valence-electron chi connectivity index (χ4n) is 3.63. The molecule has 2 atom stereocenters. The molecule has 30 heavy (non-hydrogen) atoms. The van der Waals surface area contributed by atoms with Crippen LogP contribution in [0.15, 0.2) is 54.1 Å². The number of likely N-dealkylation sites (tertiary alicyclic amines) is 1. The van der Waals surface area contributed by atoms with E-state index in [2.05, 4.69) is 13.8 Å². The Labute approximate surface area is 176 Å². The number of hydrogen-bond donors (Lipinski definition) is 3. The van der Waals surface area contributed by atoms with Crippen molar-refractivity contribution >= 4 is 17.4 Å². The molecule has 1 heterocycles. The zero-order valence-corrected chi connectivity index (χ0v) is 17.4. The predicted molar refractivity (Wildman–Crippen MR) is 114 cm³/mol. The molecule has 0 bridgehead atoms. The number of aryl methyl sites for hydroxylation is 1. The van der Waals surface area contributed by atoms with Gasteiger partial charge in [0.1, 0.15) is 5.76 Å². The fourth-order valence-corrected chi connectivity index (χ4v) is 3.63. The molecule has 1 aliphatic heterocycles. The highest BCUT2D eigenvalue weighted by atomic mass is 16.3. The number of benzene rings is 2. The second-order valence-electron chi connectivity index (χ2n) is 7.98. The number of aliphatic hydroxyl groups excluding tert-OH is 3. The predicted octanol–water partition coefficient (Wildman–Crippen LogP) is 2.89. The lowest BCUT2D eigenvalue weighted by Gasteiger charge is -2.27. The fraction of sp³-hybridized carbons (Fsp3) is 0.333. The SMILES string of the molecule is Cc1ccc(C(O)=C2C(=O)C(=O)N(CC(O)CO)C2c2ccc(C(C)C)cc2)cc1. The normalized spacial score (nSPS) is 19.5. The van der Waals surface area contributed by atoms with Gasteiger partial charge in [0, 0.05) is 5.56 Å². The molecule has 2 unspecified atom stereocenters. The van der Waals surface area contributed by atoms with Gasteiger partial charge >= 0.3 is 0 Å². The van der Waals surface area contributed by atoms with Crippen LogP contribution in [0.2, 0.25) is 0 Å². The van der Waals surface area contributed by atoms with Crippen molar-refractivity contribution < 1.29 is 24.9 Å². The Morgan fingerprint density at radius 3 is 2.17 bits per heavy atom. The standard InChI is InChI=1S/C24H27NO5/c1-14(2)16-8-10-17(11-9-16)21-20(22(28)18-6-4-15(3)5-7-18)23(29)24(30)25(21)12-19(27)13-26/h4-11,14,19,21,26-28H,12-13H2,1-3H3. The van der Waals surface area contributed by atoms with Gasteiger partial charge < -0.3 is 20.2 Å². The second kappa shape index (κ2) is 8.81. The van der Waals surface area contributed by atoms with Crippen LogP contribution in [0, 0.1) is 6.92 Å². The average Bonchev–Trinajstić information content (AvgIpc) is 2.98. The van der Waals surface area contributed by atoms with Crippen LogP contribution in [0.5, 0.6) is 0 Å². The molecule has 6 nitrogen and oxygen atoms in total. The van der Waals surface area contributed by atoms with Crippen LogP contribution in [-0.4, -0.2) is 51.2 Å². The van der Waals surface area contributed by atoms with E-state index in [1.54, 1.807) is 12.1 Å². The summed E-state index contributed by atoms with van der Waals surface area (Å²) in [5.41, 5.74) is 3.16. The lowest BCUT2D eigenvalue weighted by Crippen LogP contribution is -2.38. The third-order valence-electron chi connectivity index (χ3n) is 5.40. The molecule has 1 aliphatic rings. The molecule has 2 aromatic rings. The van der Waals surface area contributed by atoms with E-state index in [4.69, 9.17) is 0 Å². The van der Waals surface area contributed by atoms with Gasteiger partial charge in [-0.25, -0.2) is 0 Å². The van der Waals surface area contributed by atoms with E-state index in [1.165, 1.54) is 4.90 Å². The van der Waals surface area contributed by atoms with Crippen LogP contribution >= 0.6 is 0 Å². The summed E-state index contributed by atoms with van der Waals surface area (Å²) >= 11 is 0. The minimum atomic E-state index is -1.19. The summed E-state index contributed by atoms with van der Waals surface area (Å²) in [5.74, 6) is -1.56. The Morgan fingerprint density at radius 2 is 1.63 bits per heavy atom. The summed E-state index contributed by atoms with van der Waals surface area (Å²) in [6, 6.07) is 13.7. The first kappa shape index (κ1) is 21.7. The molecule has 0 aromatic heterocycles. The number of ketones is 1. The molecular weight excluding hydrogens is 382 g/mol. The molecule has 1 saturated heterocycles. The highest BCUT2D eigenvalue weighted by Crippen LogP contribution is 2.39. The number of amides is 1. The van der Waals surface area contributed by atoms with Gasteiger partial charge in [0.25, 0.3) is 11.7 Å². The van der Waals surface area contributed by atoms with Crippen LogP contribution < -0.4 is 0 Å². The van der Waals surface area contributed by atoms with Crippen molar-refractivity contribution in [2.24, 2.45) is 0 Å². The molecule has 0 spiro atoms. The van der Waals surface area contributed by atoms with Crippen LogP contribution in [0.4, 0.5) is 0 Å². The van der Waals surface area contributed by atoms with Gasteiger partial charge in [-0.05, 0) is 24.0 Å². The topological polar surface area (TPSA) is 98.1 Å². The van der Waals surface area contributed by atoms with E-state index in [-0.39, 0.29) is 17.9 Å². The molecular formula is C24H27NO5. The summed E-state index contributed by atoms with van der Waals surface area (Å²) in [5, 5.41) is 30.1. The van der Waals surface area contributed by atoms with E-state index in [0.29, 0.717) is 17.0 Å². The van der Waals surface area contributed by atoms with Crippen molar-refractivity contribution in [3.05, 3.63) is 76.4 Å². The lowest BCUT2D eigenvalue weighted by atomic mass is 9.93. The maximum Gasteiger partial charge on any atom is 0.295 e. The van der Waals surface area contributed by atoms with Gasteiger partial charge in [0.2, 0.25) is 0 Å². The summed E-state index contributed by atoms with van der Waals surface area (Å²) in [4.78, 5) is 26.8. The molecule has 0 aliphatic carbocycles. The van der Waals surface area contributed by atoms with Crippen molar-refractivity contribution in [2.45, 2.75) is 38.8 Å². The van der Waals surface area contributed by atoms with E-state index in [9.17, 15) is 24.9 Å². The van der Waals surface area contributed by atoms with E-state index < -0.39 is 30.4 Å². The van der Waals surface area contributed by atoms with Crippen molar-refractivity contribution in [3.63, 3.8) is 0 Å². The maximum atomic E-state index is 12.9. The third kappa shape index (κ3) is 4.15. The number of carbonyl (C=O) groups is 2. The second-order valence-corrected chi connectivity index (χ2v) is 7.98. The zero-order valence-electron chi connectivity index (χ0n) is 17.4. The van der Waals surface area contributed by atoms with Gasteiger partial charge in [0.15, 0.2) is 0 Å². The zero-order chi connectivity index (χ0) is 22.0. The molecule has 0 radical (unpaired) electrons. The highest BCUT2D eigenvalue weighted by molar-refractivity contribution is 6.46. The smallest absolute Gasteiger partial charge is 0.295 e. The Kier molecular flexibility index (Phi) is 6.39. The van der Waals surface area contributed by atoms with Crippen LogP contribution in [0.25, 0.3) is 5.76 Å². The summed E-state index contributed by atoms with van der Waals surface area (Å²) in [6.07, 6.45) is -1.19. The van der Waals surface area contributed by atoms with Crippen molar-refractivity contribution in [3.8, 4) is 0 Å². The largest absolute Gasteiger partial charge is 0.507 e. The molecule has 3 rings (SSSR count). The molecule has 1 amide bonds. The average molecular weight is 409 g/mol. The van der Waals surface area contributed by atoms with Gasteiger partial charge in [-0.2, -0.15) is 0 Å². The number of Topliss-reactive ketones (excluding diaryl/α,β-unsaturated/α-hetero) is 1.